The fraction of sp³-hybridized carbons (Fsp3) is 0.394. The highest BCUT2D eigenvalue weighted by Crippen LogP contribution is 2.26. The second-order valence-electron chi connectivity index (χ2n) is 10.8. The Bertz CT molecular complexity index is 1320. The topological polar surface area (TPSA) is 58.6 Å². The predicted octanol–water partition coefficient (Wildman–Crippen LogP) is 7.39. The molecule has 4 rings (SSSR count). The lowest BCUT2D eigenvalue weighted by molar-refractivity contribution is -0.143. The maximum absolute atomic E-state index is 14.0. The number of carbonyl (C=O) groups is 2. The van der Waals surface area contributed by atoms with Gasteiger partial charge in [0.25, 0.3) is 5.91 Å². The number of aryl methyl sites for hydroxylation is 2. The number of hydrogen-bond acceptors (Lipinski definition) is 3. The van der Waals surface area contributed by atoms with Gasteiger partial charge in [-0.25, -0.2) is 0 Å². The Hall–Kier alpha value is -3.02. The van der Waals surface area contributed by atoms with Gasteiger partial charge in [-0.3, -0.25) is 9.59 Å². The van der Waals surface area contributed by atoms with Crippen LogP contribution in [0, 0.1) is 20.8 Å². The van der Waals surface area contributed by atoms with Gasteiger partial charge in [-0.2, -0.15) is 0 Å². The average molecular weight is 582 g/mol. The fourth-order valence-corrected chi connectivity index (χ4v) is 5.77. The van der Waals surface area contributed by atoms with Crippen molar-refractivity contribution in [3.63, 3.8) is 0 Å². The molecular weight excluding hydrogens is 543 g/mol. The largest absolute Gasteiger partial charge is 0.483 e. The summed E-state index contributed by atoms with van der Waals surface area (Å²) >= 11 is 12.7. The molecule has 0 aromatic heterocycles. The third-order valence-corrected chi connectivity index (χ3v) is 8.28. The quantitative estimate of drug-likeness (QED) is 0.272. The Morgan fingerprint density at radius 1 is 0.975 bits per heavy atom. The zero-order chi connectivity index (χ0) is 28.6. The first-order valence-corrected chi connectivity index (χ1v) is 14.7. The standard InChI is InChI=1S/C33H38Cl2N2O3/c1-22-16-23(2)24(3)31(17-22)40-21-32(38)37(20-26-14-15-27(34)19-29(26)35)30(18-25-10-6-4-7-11-25)33(39)36-28-12-8-5-9-13-28/h4,6-7,10-11,14-17,19,28,30H,5,8-9,12-13,18,20-21H2,1-3H3,(H,36,39). The molecule has 1 aliphatic carbocycles. The van der Waals surface area contributed by atoms with Crippen molar-refractivity contribution in [2.75, 3.05) is 6.61 Å². The number of nitrogens with one attached hydrogen (secondary N) is 1. The molecule has 1 unspecified atom stereocenters. The normalized spacial score (nSPS) is 14.4. The van der Waals surface area contributed by atoms with Gasteiger partial charge in [-0.1, -0.05) is 84.9 Å². The summed E-state index contributed by atoms with van der Waals surface area (Å²) < 4.78 is 6.08. The third kappa shape index (κ3) is 8.02. The summed E-state index contributed by atoms with van der Waals surface area (Å²) in [5.41, 5.74) is 4.83. The molecule has 1 saturated carbocycles. The van der Waals surface area contributed by atoms with Crippen LogP contribution in [0.5, 0.6) is 5.75 Å². The lowest BCUT2D eigenvalue weighted by atomic mass is 9.94. The van der Waals surface area contributed by atoms with Crippen molar-refractivity contribution < 1.29 is 14.3 Å². The molecule has 2 amide bonds. The van der Waals surface area contributed by atoms with E-state index in [9.17, 15) is 9.59 Å². The zero-order valence-corrected chi connectivity index (χ0v) is 25.0. The van der Waals surface area contributed by atoms with Gasteiger partial charge < -0.3 is 15.0 Å². The van der Waals surface area contributed by atoms with Gasteiger partial charge >= 0.3 is 0 Å². The minimum absolute atomic E-state index is 0.116. The van der Waals surface area contributed by atoms with Crippen molar-refractivity contribution in [3.8, 4) is 5.75 Å². The van der Waals surface area contributed by atoms with Crippen molar-refractivity contribution in [1.29, 1.82) is 0 Å². The number of nitrogens with zero attached hydrogens (tertiary/aromatic N) is 1. The van der Waals surface area contributed by atoms with Gasteiger partial charge in [0, 0.05) is 29.1 Å². The molecule has 1 atom stereocenters. The van der Waals surface area contributed by atoms with Gasteiger partial charge in [-0.15, -0.1) is 0 Å². The van der Waals surface area contributed by atoms with Crippen LogP contribution in [0.3, 0.4) is 0 Å². The number of rotatable bonds is 10. The first kappa shape index (κ1) is 30.0. The Labute approximate surface area is 247 Å². The molecule has 1 aliphatic rings. The van der Waals surface area contributed by atoms with Crippen molar-refractivity contribution in [3.05, 3.63) is 98.5 Å². The summed E-state index contributed by atoms with van der Waals surface area (Å²) in [7, 11) is 0. The first-order chi connectivity index (χ1) is 19.2. The number of amides is 2. The SMILES string of the molecule is Cc1cc(C)c(C)c(OCC(=O)N(Cc2ccc(Cl)cc2Cl)C(Cc2ccccc2)C(=O)NC2CCCCC2)c1. The van der Waals surface area contributed by atoms with Crippen LogP contribution in [0.25, 0.3) is 0 Å². The molecule has 3 aromatic carbocycles. The molecule has 0 spiro atoms. The fourth-order valence-electron chi connectivity index (χ4n) is 5.30. The second kappa shape index (κ2) is 14.0. The lowest BCUT2D eigenvalue weighted by Gasteiger charge is -2.33. The van der Waals surface area contributed by atoms with E-state index in [0.717, 1.165) is 47.9 Å². The monoisotopic (exact) mass is 580 g/mol. The molecule has 40 heavy (non-hydrogen) atoms. The number of hydrogen-bond donors (Lipinski definition) is 1. The highest BCUT2D eigenvalue weighted by atomic mass is 35.5. The van der Waals surface area contributed by atoms with Crippen LogP contribution in [0.15, 0.2) is 60.7 Å². The second-order valence-corrected chi connectivity index (χ2v) is 11.6. The highest BCUT2D eigenvalue weighted by Gasteiger charge is 2.32. The molecule has 7 heteroatoms. The maximum Gasteiger partial charge on any atom is 0.261 e. The van der Waals surface area contributed by atoms with Gasteiger partial charge in [0.05, 0.1) is 0 Å². The molecule has 212 valence electrons. The van der Waals surface area contributed by atoms with E-state index >= 15 is 0 Å². The summed E-state index contributed by atoms with van der Waals surface area (Å²) in [4.78, 5) is 29.5. The number of carbonyl (C=O) groups excluding carboxylic acids is 2. The van der Waals surface area contributed by atoms with E-state index in [0.29, 0.717) is 27.8 Å². The molecule has 1 fully saturated rings. The van der Waals surface area contributed by atoms with Crippen LogP contribution < -0.4 is 10.1 Å². The van der Waals surface area contributed by atoms with Crippen molar-refractivity contribution in [2.24, 2.45) is 0 Å². The van der Waals surface area contributed by atoms with E-state index in [1.165, 1.54) is 6.42 Å². The van der Waals surface area contributed by atoms with E-state index in [2.05, 4.69) is 11.4 Å². The molecule has 3 aromatic rings. The van der Waals surface area contributed by atoms with Gasteiger partial charge in [-0.05, 0) is 79.6 Å². The minimum Gasteiger partial charge on any atom is -0.483 e. The number of benzene rings is 3. The van der Waals surface area contributed by atoms with Crippen molar-refractivity contribution in [2.45, 2.75) is 77.9 Å². The smallest absolute Gasteiger partial charge is 0.261 e. The maximum atomic E-state index is 14.0. The van der Waals surface area contributed by atoms with Crippen LogP contribution in [0.2, 0.25) is 10.0 Å². The Kier molecular flexibility index (Phi) is 10.5. The molecular formula is C33H38Cl2N2O3. The molecule has 0 heterocycles. The Balaban J connectivity index is 1.66. The van der Waals surface area contributed by atoms with Crippen LogP contribution in [-0.4, -0.2) is 35.4 Å². The van der Waals surface area contributed by atoms with E-state index < -0.39 is 6.04 Å². The number of ether oxygens (including phenoxy) is 1. The average Bonchev–Trinajstić information content (AvgIpc) is 2.93. The summed E-state index contributed by atoms with van der Waals surface area (Å²) in [6.45, 7) is 5.96. The molecule has 0 bridgehead atoms. The number of halogens is 2. The Morgan fingerprint density at radius 3 is 2.40 bits per heavy atom. The third-order valence-electron chi connectivity index (χ3n) is 7.69. The molecule has 0 aliphatic heterocycles. The summed E-state index contributed by atoms with van der Waals surface area (Å²) in [5, 5.41) is 4.21. The lowest BCUT2D eigenvalue weighted by Crippen LogP contribution is -2.53. The molecule has 1 N–H and O–H groups in total. The van der Waals surface area contributed by atoms with Crippen LogP contribution in [-0.2, 0) is 22.6 Å². The van der Waals surface area contributed by atoms with Crippen LogP contribution >= 0.6 is 23.2 Å². The van der Waals surface area contributed by atoms with Crippen LogP contribution in [0.1, 0.15) is 59.9 Å². The highest BCUT2D eigenvalue weighted by molar-refractivity contribution is 6.35. The van der Waals surface area contributed by atoms with Gasteiger partial charge in [0.15, 0.2) is 6.61 Å². The molecule has 5 nitrogen and oxygen atoms in total. The predicted molar refractivity (Wildman–Crippen MR) is 162 cm³/mol. The van der Waals surface area contributed by atoms with Crippen molar-refractivity contribution in [1.82, 2.24) is 10.2 Å². The van der Waals surface area contributed by atoms with Crippen LogP contribution in [0.4, 0.5) is 0 Å². The molecule has 0 radical (unpaired) electrons. The zero-order valence-electron chi connectivity index (χ0n) is 23.5. The molecule has 0 saturated heterocycles. The summed E-state index contributed by atoms with van der Waals surface area (Å²) in [5.74, 6) is 0.225. The van der Waals surface area contributed by atoms with E-state index in [1.54, 1.807) is 23.1 Å². The van der Waals surface area contributed by atoms with E-state index in [1.807, 2.05) is 57.2 Å². The van der Waals surface area contributed by atoms with Gasteiger partial charge in [0.2, 0.25) is 5.91 Å². The van der Waals surface area contributed by atoms with E-state index in [-0.39, 0.29) is 31.0 Å². The summed E-state index contributed by atoms with van der Waals surface area (Å²) in [6, 6.07) is 18.4. The Morgan fingerprint density at radius 2 is 1.70 bits per heavy atom. The minimum atomic E-state index is -0.743. The van der Waals surface area contributed by atoms with Gasteiger partial charge in [0.1, 0.15) is 11.8 Å². The van der Waals surface area contributed by atoms with E-state index in [4.69, 9.17) is 27.9 Å². The first-order valence-electron chi connectivity index (χ1n) is 14.0. The summed E-state index contributed by atoms with van der Waals surface area (Å²) in [6.07, 6.45) is 5.67. The van der Waals surface area contributed by atoms with Crippen molar-refractivity contribution >= 4 is 35.0 Å².